The molecule has 0 fully saturated rings. The minimum atomic E-state index is 0.485. The van der Waals surface area contributed by atoms with Crippen molar-refractivity contribution >= 4 is 16.6 Å². The summed E-state index contributed by atoms with van der Waals surface area (Å²) in [7, 11) is 0. The van der Waals surface area contributed by atoms with Gasteiger partial charge in [-0.2, -0.15) is 0 Å². The Hall–Kier alpha value is -2.55. The Labute approximate surface area is 124 Å². The number of hydrogen-bond acceptors (Lipinski definition) is 3. The Morgan fingerprint density at radius 1 is 1.05 bits per heavy atom. The van der Waals surface area contributed by atoms with Crippen LogP contribution in [-0.4, -0.2) is 4.98 Å². The van der Waals surface area contributed by atoms with Gasteiger partial charge >= 0.3 is 0 Å². The van der Waals surface area contributed by atoms with Crippen LogP contribution in [-0.2, 0) is 6.61 Å². The Balaban J connectivity index is 1.95. The van der Waals surface area contributed by atoms with Gasteiger partial charge in [0.25, 0.3) is 0 Å². The van der Waals surface area contributed by atoms with Crippen molar-refractivity contribution in [1.29, 1.82) is 0 Å². The van der Waals surface area contributed by atoms with Crippen molar-refractivity contribution in [3.63, 3.8) is 0 Å². The third-order valence-corrected chi connectivity index (χ3v) is 3.54. The van der Waals surface area contributed by atoms with E-state index < -0.39 is 0 Å². The van der Waals surface area contributed by atoms with Crippen molar-refractivity contribution in [1.82, 2.24) is 4.98 Å². The highest BCUT2D eigenvalue weighted by Gasteiger charge is 2.07. The minimum absolute atomic E-state index is 0.485. The van der Waals surface area contributed by atoms with Gasteiger partial charge in [0, 0.05) is 16.6 Å². The molecule has 0 saturated carbocycles. The van der Waals surface area contributed by atoms with Crippen molar-refractivity contribution in [2.24, 2.45) is 0 Å². The second-order valence-electron chi connectivity index (χ2n) is 5.22. The average molecular weight is 278 g/mol. The molecule has 3 aromatic rings. The van der Waals surface area contributed by atoms with Gasteiger partial charge in [-0.05, 0) is 37.6 Å². The van der Waals surface area contributed by atoms with E-state index in [1.165, 1.54) is 0 Å². The van der Waals surface area contributed by atoms with Crippen LogP contribution >= 0.6 is 0 Å². The Bertz CT molecular complexity index is 776. The highest BCUT2D eigenvalue weighted by atomic mass is 16.5. The number of ether oxygens (including phenoxy) is 1. The number of hydrogen-bond donors (Lipinski definition) is 1. The van der Waals surface area contributed by atoms with E-state index in [2.05, 4.69) is 17.1 Å². The summed E-state index contributed by atoms with van der Waals surface area (Å²) in [6.07, 6.45) is 0. The predicted octanol–water partition coefficient (Wildman–Crippen LogP) is 4.01. The molecule has 0 atom stereocenters. The first-order valence-corrected chi connectivity index (χ1v) is 6.98. The third kappa shape index (κ3) is 2.68. The standard InChI is InChI=1S/C18H18N2O/c1-12-6-5-8-16(19)18(12)21-11-14-10-13(2)20-17-9-4-3-7-15(14)17/h3-10H,11,19H2,1-2H3. The molecular formula is C18H18N2O. The summed E-state index contributed by atoms with van der Waals surface area (Å²) >= 11 is 0. The highest BCUT2D eigenvalue weighted by Crippen LogP contribution is 2.27. The fourth-order valence-corrected chi connectivity index (χ4v) is 2.54. The maximum absolute atomic E-state index is 5.99. The van der Waals surface area contributed by atoms with Crippen molar-refractivity contribution in [3.05, 3.63) is 65.4 Å². The maximum Gasteiger partial charge on any atom is 0.145 e. The third-order valence-electron chi connectivity index (χ3n) is 3.54. The number of nitrogens with two attached hydrogens (primary N) is 1. The Kier molecular flexibility index (Phi) is 3.48. The van der Waals surface area contributed by atoms with Gasteiger partial charge in [-0.25, -0.2) is 0 Å². The fourth-order valence-electron chi connectivity index (χ4n) is 2.54. The fraction of sp³-hybridized carbons (Fsp3) is 0.167. The molecule has 0 aliphatic heterocycles. The number of nitrogen functional groups attached to an aromatic ring is 1. The van der Waals surface area contributed by atoms with Crippen LogP contribution in [0.4, 0.5) is 5.69 Å². The van der Waals surface area contributed by atoms with Gasteiger partial charge in [-0.3, -0.25) is 4.98 Å². The molecule has 0 spiro atoms. The lowest BCUT2D eigenvalue weighted by Gasteiger charge is -2.13. The molecule has 1 heterocycles. The molecule has 0 amide bonds. The quantitative estimate of drug-likeness (QED) is 0.736. The summed E-state index contributed by atoms with van der Waals surface area (Å²) in [6.45, 7) is 4.48. The zero-order valence-electron chi connectivity index (χ0n) is 12.3. The Morgan fingerprint density at radius 2 is 1.86 bits per heavy atom. The molecule has 0 saturated heterocycles. The smallest absolute Gasteiger partial charge is 0.145 e. The first-order valence-electron chi connectivity index (χ1n) is 6.98. The van der Waals surface area contributed by atoms with Crippen LogP contribution in [0.1, 0.15) is 16.8 Å². The van der Waals surface area contributed by atoms with Gasteiger partial charge in [-0.1, -0.05) is 30.3 Å². The summed E-state index contributed by atoms with van der Waals surface area (Å²) in [4.78, 5) is 4.55. The lowest BCUT2D eigenvalue weighted by Crippen LogP contribution is -2.02. The molecule has 0 aliphatic carbocycles. The topological polar surface area (TPSA) is 48.1 Å². The van der Waals surface area contributed by atoms with Crippen molar-refractivity contribution < 1.29 is 4.74 Å². The monoisotopic (exact) mass is 278 g/mol. The van der Waals surface area contributed by atoms with Gasteiger partial charge in [0.1, 0.15) is 12.4 Å². The van der Waals surface area contributed by atoms with Gasteiger partial charge in [0.05, 0.1) is 11.2 Å². The van der Waals surface area contributed by atoms with E-state index in [9.17, 15) is 0 Å². The van der Waals surface area contributed by atoms with E-state index in [0.717, 1.165) is 33.5 Å². The number of benzene rings is 2. The van der Waals surface area contributed by atoms with Crippen molar-refractivity contribution in [2.75, 3.05) is 5.73 Å². The number of nitrogens with zero attached hydrogens (tertiary/aromatic N) is 1. The molecule has 2 aromatic carbocycles. The summed E-state index contributed by atoms with van der Waals surface area (Å²) < 4.78 is 5.96. The molecule has 0 aliphatic rings. The second kappa shape index (κ2) is 5.44. The van der Waals surface area contributed by atoms with Gasteiger partial charge < -0.3 is 10.5 Å². The minimum Gasteiger partial charge on any atom is -0.486 e. The predicted molar refractivity (Wildman–Crippen MR) is 86.4 cm³/mol. The van der Waals surface area contributed by atoms with Crippen LogP contribution < -0.4 is 10.5 Å². The van der Waals surface area contributed by atoms with Crippen LogP contribution in [0, 0.1) is 13.8 Å². The number of fused-ring (bicyclic) bond motifs is 1. The molecule has 1 aromatic heterocycles. The van der Waals surface area contributed by atoms with Gasteiger partial charge in [0.15, 0.2) is 0 Å². The van der Waals surface area contributed by atoms with Gasteiger partial charge in [0.2, 0.25) is 0 Å². The molecule has 0 unspecified atom stereocenters. The van der Waals surface area contributed by atoms with Crippen molar-refractivity contribution in [3.8, 4) is 5.75 Å². The second-order valence-corrected chi connectivity index (χ2v) is 5.22. The van der Waals surface area contributed by atoms with Crippen LogP contribution in [0.2, 0.25) is 0 Å². The zero-order valence-corrected chi connectivity index (χ0v) is 12.3. The number of para-hydroxylation sites is 2. The van der Waals surface area contributed by atoms with Crippen LogP contribution in [0.15, 0.2) is 48.5 Å². The van der Waals surface area contributed by atoms with Gasteiger partial charge in [-0.15, -0.1) is 0 Å². The lowest BCUT2D eigenvalue weighted by atomic mass is 10.1. The highest BCUT2D eigenvalue weighted by molar-refractivity contribution is 5.82. The summed E-state index contributed by atoms with van der Waals surface area (Å²) in [5, 5.41) is 1.12. The average Bonchev–Trinajstić information content (AvgIpc) is 2.46. The number of aryl methyl sites for hydroxylation is 2. The van der Waals surface area contributed by atoms with Crippen LogP contribution in [0.3, 0.4) is 0 Å². The molecule has 3 heteroatoms. The zero-order chi connectivity index (χ0) is 14.8. The van der Waals surface area contributed by atoms with Crippen LogP contribution in [0.5, 0.6) is 5.75 Å². The molecule has 21 heavy (non-hydrogen) atoms. The largest absolute Gasteiger partial charge is 0.486 e. The molecule has 2 N–H and O–H groups in total. The molecular weight excluding hydrogens is 260 g/mol. The van der Waals surface area contributed by atoms with Crippen LogP contribution in [0.25, 0.3) is 10.9 Å². The number of rotatable bonds is 3. The molecule has 0 bridgehead atoms. The first-order chi connectivity index (χ1) is 10.1. The number of aromatic nitrogens is 1. The van der Waals surface area contributed by atoms with E-state index in [-0.39, 0.29) is 0 Å². The van der Waals surface area contributed by atoms with E-state index in [1.54, 1.807) is 0 Å². The van der Waals surface area contributed by atoms with E-state index in [4.69, 9.17) is 10.5 Å². The van der Waals surface area contributed by atoms with Crippen molar-refractivity contribution in [2.45, 2.75) is 20.5 Å². The first kappa shape index (κ1) is 13.4. The Morgan fingerprint density at radius 3 is 2.67 bits per heavy atom. The van der Waals surface area contributed by atoms with E-state index in [0.29, 0.717) is 12.3 Å². The van der Waals surface area contributed by atoms with E-state index in [1.807, 2.05) is 50.2 Å². The molecule has 0 radical (unpaired) electrons. The number of anilines is 1. The molecule has 3 rings (SSSR count). The summed E-state index contributed by atoms with van der Waals surface area (Å²) in [5.41, 5.74) is 10.8. The van der Waals surface area contributed by atoms with E-state index >= 15 is 0 Å². The molecule has 106 valence electrons. The normalized spacial score (nSPS) is 10.8. The summed E-state index contributed by atoms with van der Waals surface area (Å²) in [5.74, 6) is 0.760. The maximum atomic E-state index is 5.99. The SMILES string of the molecule is Cc1cc(COc2c(C)cccc2N)c2ccccc2n1. The molecule has 3 nitrogen and oxygen atoms in total. The summed E-state index contributed by atoms with van der Waals surface area (Å²) in [6, 6.07) is 16.0. The lowest BCUT2D eigenvalue weighted by molar-refractivity contribution is 0.307. The number of pyridine rings is 1.